The van der Waals surface area contributed by atoms with Gasteiger partial charge in [-0.3, -0.25) is 9.59 Å². The Morgan fingerprint density at radius 2 is 1.82 bits per heavy atom. The van der Waals surface area contributed by atoms with Crippen molar-refractivity contribution in [2.75, 3.05) is 38.3 Å². The van der Waals surface area contributed by atoms with Gasteiger partial charge in [-0.15, -0.1) is 0 Å². The molecule has 1 aromatic heterocycles. The van der Waals surface area contributed by atoms with Crippen LogP contribution in [-0.2, 0) is 14.8 Å². The summed E-state index contributed by atoms with van der Waals surface area (Å²) in [6.07, 6.45) is 0. The Morgan fingerprint density at radius 3 is 2.48 bits per heavy atom. The smallest absolute Gasteiger partial charge is 0.257 e. The van der Waals surface area contributed by atoms with Gasteiger partial charge in [-0.2, -0.15) is 0 Å². The number of carbonyl (C=O) groups is 2. The van der Waals surface area contributed by atoms with Crippen LogP contribution in [0.3, 0.4) is 0 Å². The molecule has 2 amide bonds. The van der Waals surface area contributed by atoms with Gasteiger partial charge >= 0.3 is 0 Å². The van der Waals surface area contributed by atoms with Gasteiger partial charge < -0.3 is 14.6 Å². The summed E-state index contributed by atoms with van der Waals surface area (Å²) in [7, 11) is -0.673. The van der Waals surface area contributed by atoms with Crippen LogP contribution in [0.15, 0.2) is 57.0 Å². The molecule has 0 aliphatic heterocycles. The predicted octanol–water partition coefficient (Wildman–Crippen LogP) is 3.29. The Labute approximate surface area is 197 Å². The zero-order valence-electron chi connectivity index (χ0n) is 18.9. The summed E-state index contributed by atoms with van der Waals surface area (Å²) in [6, 6.07) is 11.2. The van der Waals surface area contributed by atoms with Gasteiger partial charge in [0.15, 0.2) is 5.58 Å². The topological polar surface area (TPSA) is 113 Å². The first-order chi connectivity index (χ1) is 15.6. The second-order valence-corrected chi connectivity index (χ2v) is 10.4. The molecule has 176 valence electrons. The lowest BCUT2D eigenvalue weighted by molar-refractivity contribution is -0.113. The van der Waals surface area contributed by atoms with Crippen LogP contribution in [0.4, 0.5) is 5.69 Å². The maximum absolute atomic E-state index is 12.5. The van der Waals surface area contributed by atoms with Crippen LogP contribution in [0, 0.1) is 0 Å². The molecular formula is C22H26N4O5S2. The third-order valence-corrected chi connectivity index (χ3v) is 7.53. The molecule has 0 fully saturated rings. The number of nitrogens with zero attached hydrogens (tertiary/aromatic N) is 3. The number of thioether (sulfide) groups is 1. The van der Waals surface area contributed by atoms with Gasteiger partial charge in [-0.1, -0.05) is 17.8 Å². The number of carbonyl (C=O) groups excluding carboxylic acids is 2. The summed E-state index contributed by atoms with van der Waals surface area (Å²) in [5.41, 5.74) is 1.85. The minimum absolute atomic E-state index is 0.0316. The van der Waals surface area contributed by atoms with E-state index in [2.05, 4.69) is 10.3 Å². The quantitative estimate of drug-likeness (QED) is 0.458. The lowest BCUT2D eigenvalue weighted by Gasteiger charge is -2.19. The maximum atomic E-state index is 12.5. The van der Waals surface area contributed by atoms with Crippen LogP contribution in [0.25, 0.3) is 11.1 Å². The minimum Gasteiger partial charge on any atom is -0.431 e. The van der Waals surface area contributed by atoms with Crippen LogP contribution < -0.4 is 5.32 Å². The van der Waals surface area contributed by atoms with Crippen molar-refractivity contribution in [2.45, 2.75) is 24.0 Å². The van der Waals surface area contributed by atoms with E-state index in [0.717, 1.165) is 16.1 Å². The van der Waals surface area contributed by atoms with E-state index >= 15 is 0 Å². The van der Waals surface area contributed by atoms with Gasteiger partial charge in [-0.25, -0.2) is 17.7 Å². The summed E-state index contributed by atoms with van der Waals surface area (Å²) < 4.78 is 31.3. The molecule has 3 rings (SSSR count). The molecule has 3 aromatic rings. The van der Waals surface area contributed by atoms with E-state index in [9.17, 15) is 18.0 Å². The molecule has 0 bridgehead atoms. The van der Waals surface area contributed by atoms with E-state index in [1.807, 2.05) is 13.8 Å². The highest BCUT2D eigenvalue weighted by atomic mass is 32.2. The Hall–Kier alpha value is -2.89. The number of sulfonamides is 1. The number of hydrogen-bond acceptors (Lipinski definition) is 7. The molecule has 0 unspecified atom stereocenters. The highest BCUT2D eigenvalue weighted by Gasteiger charge is 2.19. The van der Waals surface area contributed by atoms with Crippen molar-refractivity contribution < 1.29 is 22.4 Å². The van der Waals surface area contributed by atoms with E-state index in [-0.39, 0.29) is 27.7 Å². The maximum Gasteiger partial charge on any atom is 0.257 e. The van der Waals surface area contributed by atoms with Gasteiger partial charge in [0.1, 0.15) is 5.52 Å². The van der Waals surface area contributed by atoms with Crippen LogP contribution in [0.5, 0.6) is 0 Å². The van der Waals surface area contributed by atoms with Gasteiger partial charge in [-0.05, 0) is 50.2 Å². The first-order valence-electron chi connectivity index (χ1n) is 10.3. The second-order valence-electron chi connectivity index (χ2n) is 7.29. The highest BCUT2D eigenvalue weighted by molar-refractivity contribution is 7.99. The number of hydrogen-bond donors (Lipinski definition) is 1. The van der Waals surface area contributed by atoms with Gasteiger partial charge in [0.25, 0.3) is 11.1 Å². The lowest BCUT2D eigenvalue weighted by Crippen LogP contribution is -2.30. The summed E-state index contributed by atoms with van der Waals surface area (Å²) in [6.45, 7) is 5.04. The number of anilines is 1. The SMILES string of the molecule is CCN(CC)C(=O)c1cccc(NC(=O)CSc2nc3cc(S(=O)(=O)N(C)C)ccc3o2)c1. The Kier molecular flexibility index (Phi) is 7.77. The monoisotopic (exact) mass is 490 g/mol. The first-order valence-corrected chi connectivity index (χ1v) is 12.7. The summed E-state index contributed by atoms with van der Waals surface area (Å²) in [5.74, 6) is -0.345. The van der Waals surface area contributed by atoms with Crippen LogP contribution in [0.2, 0.25) is 0 Å². The third kappa shape index (κ3) is 5.73. The third-order valence-electron chi connectivity index (χ3n) is 4.89. The number of oxazole rings is 1. The molecule has 0 atom stereocenters. The van der Waals surface area contributed by atoms with Crippen LogP contribution in [0.1, 0.15) is 24.2 Å². The van der Waals surface area contributed by atoms with Crippen molar-refractivity contribution in [3.8, 4) is 0 Å². The van der Waals surface area contributed by atoms with E-state index < -0.39 is 10.0 Å². The van der Waals surface area contributed by atoms with Crippen LogP contribution >= 0.6 is 11.8 Å². The molecule has 1 heterocycles. The van der Waals surface area contributed by atoms with Crippen molar-refractivity contribution in [3.05, 3.63) is 48.0 Å². The van der Waals surface area contributed by atoms with Crippen molar-refractivity contribution in [1.82, 2.24) is 14.2 Å². The molecule has 0 radical (unpaired) electrons. The molecule has 0 spiro atoms. The van der Waals surface area contributed by atoms with Crippen LogP contribution in [-0.4, -0.2) is 67.4 Å². The molecule has 0 aliphatic rings. The fraction of sp³-hybridized carbons (Fsp3) is 0.318. The number of amides is 2. The Bertz CT molecular complexity index is 1270. The van der Waals surface area contributed by atoms with Crippen molar-refractivity contribution in [1.29, 1.82) is 0 Å². The number of benzene rings is 2. The number of fused-ring (bicyclic) bond motifs is 1. The standard InChI is InChI=1S/C22H26N4O5S2/c1-5-26(6-2)21(28)15-8-7-9-16(12-15)23-20(27)14-32-22-24-18-13-17(10-11-19(18)31-22)33(29,30)25(3)4/h7-13H,5-6,14H2,1-4H3,(H,23,27). The Balaban J connectivity index is 1.65. The average Bonchev–Trinajstić information content (AvgIpc) is 3.20. The van der Waals surface area contributed by atoms with E-state index in [1.54, 1.807) is 35.2 Å². The average molecular weight is 491 g/mol. The van der Waals surface area contributed by atoms with E-state index in [4.69, 9.17) is 4.42 Å². The van der Waals surface area contributed by atoms with Crippen molar-refractivity contribution >= 4 is 50.4 Å². The summed E-state index contributed by atoms with van der Waals surface area (Å²) in [4.78, 5) is 31.0. The van der Waals surface area contributed by atoms with Crippen molar-refractivity contribution in [2.24, 2.45) is 0 Å². The molecule has 1 N–H and O–H groups in total. The minimum atomic E-state index is -3.58. The van der Waals surface area contributed by atoms with Gasteiger partial charge in [0, 0.05) is 38.4 Å². The number of aromatic nitrogens is 1. The fourth-order valence-corrected chi connectivity index (χ4v) is 4.63. The zero-order chi connectivity index (χ0) is 24.2. The molecule has 11 heteroatoms. The molecule has 0 saturated heterocycles. The van der Waals surface area contributed by atoms with Gasteiger partial charge in [0.2, 0.25) is 15.9 Å². The molecule has 33 heavy (non-hydrogen) atoms. The lowest BCUT2D eigenvalue weighted by atomic mass is 10.1. The van der Waals surface area contributed by atoms with Gasteiger partial charge in [0.05, 0.1) is 10.6 Å². The Morgan fingerprint density at radius 1 is 1.09 bits per heavy atom. The summed E-state index contributed by atoms with van der Waals surface area (Å²) >= 11 is 1.09. The second kappa shape index (κ2) is 10.4. The molecule has 0 aliphatic carbocycles. The molecule has 2 aromatic carbocycles. The van der Waals surface area contributed by atoms with E-state index in [1.165, 1.54) is 26.2 Å². The highest BCUT2D eigenvalue weighted by Crippen LogP contribution is 2.26. The van der Waals surface area contributed by atoms with E-state index in [0.29, 0.717) is 35.4 Å². The predicted molar refractivity (Wildman–Crippen MR) is 128 cm³/mol. The largest absolute Gasteiger partial charge is 0.431 e. The van der Waals surface area contributed by atoms with Crippen molar-refractivity contribution in [3.63, 3.8) is 0 Å². The zero-order valence-corrected chi connectivity index (χ0v) is 20.5. The fourth-order valence-electron chi connectivity index (χ4n) is 3.07. The first kappa shape index (κ1) is 24.7. The number of rotatable bonds is 9. The number of nitrogens with one attached hydrogen (secondary N) is 1. The molecule has 9 nitrogen and oxygen atoms in total. The molecular weight excluding hydrogens is 464 g/mol. The normalized spacial score (nSPS) is 11.7. The molecule has 0 saturated carbocycles. The summed E-state index contributed by atoms with van der Waals surface area (Å²) in [5, 5.41) is 3.03.